The molecule has 0 saturated carbocycles. The van der Waals surface area contributed by atoms with Crippen LogP contribution in [-0.4, -0.2) is 39.5 Å². The second-order valence-corrected chi connectivity index (χ2v) is 9.85. The van der Waals surface area contributed by atoms with E-state index in [1.54, 1.807) is 30.3 Å². The Hall–Kier alpha value is -4.32. The van der Waals surface area contributed by atoms with Gasteiger partial charge in [0.25, 0.3) is 11.8 Å². The Kier molecular flexibility index (Phi) is 6.94. The fourth-order valence-electron chi connectivity index (χ4n) is 3.72. The van der Waals surface area contributed by atoms with E-state index in [1.807, 2.05) is 20.8 Å². The minimum Gasteiger partial charge on any atom is -0.508 e. The third-order valence-corrected chi connectivity index (χ3v) is 6.92. The van der Waals surface area contributed by atoms with Crippen molar-refractivity contribution in [3.63, 3.8) is 0 Å². The average Bonchev–Trinajstić information content (AvgIpc) is 3.48. The Morgan fingerprint density at radius 3 is 2.46 bits per heavy atom. The number of carbonyl (C=O) groups excluding carboxylic acids is 3. The third-order valence-electron chi connectivity index (χ3n) is 6.07. The monoisotopic (exact) mass is 525 g/mol. The molecule has 0 fully saturated rings. The number of benzene rings is 2. The molecule has 1 unspecified atom stereocenters. The first-order chi connectivity index (χ1) is 17.5. The maximum atomic E-state index is 14.1. The van der Waals surface area contributed by atoms with E-state index in [1.165, 1.54) is 17.0 Å². The van der Waals surface area contributed by atoms with Crippen LogP contribution in [0.4, 0.5) is 11.4 Å². The van der Waals surface area contributed by atoms with E-state index in [4.69, 9.17) is 20.9 Å². The molecule has 3 amide bonds. The van der Waals surface area contributed by atoms with Crippen LogP contribution in [0.1, 0.15) is 59.0 Å². The molecule has 1 aliphatic rings. The van der Waals surface area contributed by atoms with Crippen LogP contribution in [0.15, 0.2) is 42.5 Å². The maximum absolute atomic E-state index is 14.1. The zero-order chi connectivity index (χ0) is 26.9. The summed E-state index contributed by atoms with van der Waals surface area (Å²) in [5.74, 6) is -1.15. The number of nitrogen functional groups attached to an aromatic ring is 1. The number of hydrogen-bond acceptors (Lipinski definition) is 9. The van der Waals surface area contributed by atoms with Gasteiger partial charge < -0.3 is 31.4 Å². The van der Waals surface area contributed by atoms with Crippen LogP contribution in [0.2, 0.25) is 0 Å². The van der Waals surface area contributed by atoms with Crippen LogP contribution in [0, 0.1) is 0 Å². The van der Waals surface area contributed by atoms with Crippen molar-refractivity contribution in [2.45, 2.75) is 38.8 Å². The van der Waals surface area contributed by atoms with Gasteiger partial charge in [0, 0.05) is 17.3 Å². The second kappa shape index (κ2) is 9.97. The summed E-state index contributed by atoms with van der Waals surface area (Å²) in [7, 11) is 0. The van der Waals surface area contributed by atoms with E-state index in [2.05, 4.69) is 9.69 Å². The highest BCUT2D eigenvalue weighted by Gasteiger charge is 2.38. The quantitative estimate of drug-likeness (QED) is 0.348. The number of fused-ring (bicyclic) bond motifs is 1. The summed E-state index contributed by atoms with van der Waals surface area (Å²) in [5.41, 5.74) is 11.2. The Balaban J connectivity index is 1.91. The van der Waals surface area contributed by atoms with Gasteiger partial charge >= 0.3 is 0 Å². The number of nitrogens with one attached hydrogen (secondary N) is 1. The highest BCUT2D eigenvalue weighted by molar-refractivity contribution is 7.09. The molecule has 12 heteroatoms. The van der Waals surface area contributed by atoms with Gasteiger partial charge in [-0.05, 0) is 61.6 Å². The number of ether oxygens (including phenoxy) is 2. The first kappa shape index (κ1) is 25.8. The number of aromatic nitrogens is 1. The summed E-state index contributed by atoms with van der Waals surface area (Å²) in [5, 5.41) is 12.9. The number of hydrogen-bond donors (Lipinski definition) is 4. The summed E-state index contributed by atoms with van der Waals surface area (Å²) < 4.78 is 14.9. The van der Waals surface area contributed by atoms with Crippen molar-refractivity contribution in [2.24, 2.45) is 5.73 Å². The van der Waals surface area contributed by atoms with E-state index in [0.717, 1.165) is 0 Å². The lowest BCUT2D eigenvalue weighted by Gasteiger charge is -2.34. The number of phenols is 1. The minimum absolute atomic E-state index is 0.00412. The SMILES string of the molecule is CCC(C)(C)NC(=O)C(c1ccc(O)cc1)N(C(=O)c1snc(C(N)=O)c1N)c1ccc2c(c1)OCO2. The number of nitrogens with two attached hydrogens (primary N) is 2. The van der Waals surface area contributed by atoms with E-state index in [9.17, 15) is 19.5 Å². The highest BCUT2D eigenvalue weighted by atomic mass is 32.1. The van der Waals surface area contributed by atoms with E-state index < -0.39 is 29.3 Å². The first-order valence-electron chi connectivity index (χ1n) is 11.4. The number of anilines is 2. The smallest absolute Gasteiger partial charge is 0.273 e. The average molecular weight is 526 g/mol. The molecular weight excluding hydrogens is 498 g/mol. The number of aromatic hydroxyl groups is 1. The van der Waals surface area contributed by atoms with Gasteiger partial charge in [-0.3, -0.25) is 19.3 Å². The fraction of sp³-hybridized carbons (Fsp3) is 0.280. The van der Waals surface area contributed by atoms with Gasteiger partial charge in [-0.25, -0.2) is 0 Å². The van der Waals surface area contributed by atoms with Crippen molar-refractivity contribution >= 4 is 40.6 Å². The molecule has 0 radical (unpaired) electrons. The summed E-state index contributed by atoms with van der Waals surface area (Å²) in [6, 6.07) is 9.58. The predicted octanol–water partition coefficient (Wildman–Crippen LogP) is 2.95. The Morgan fingerprint density at radius 1 is 1.16 bits per heavy atom. The van der Waals surface area contributed by atoms with E-state index in [0.29, 0.717) is 40.7 Å². The van der Waals surface area contributed by atoms with Crippen molar-refractivity contribution in [1.82, 2.24) is 9.69 Å². The number of amides is 3. The molecule has 1 aromatic heterocycles. The Labute approximate surface area is 217 Å². The second-order valence-electron chi connectivity index (χ2n) is 9.07. The summed E-state index contributed by atoms with van der Waals surface area (Å²) >= 11 is 0.711. The number of rotatable bonds is 8. The molecular formula is C25H27N5O6S. The largest absolute Gasteiger partial charge is 0.508 e. The maximum Gasteiger partial charge on any atom is 0.273 e. The lowest BCUT2D eigenvalue weighted by molar-refractivity contribution is -0.124. The van der Waals surface area contributed by atoms with E-state index in [-0.39, 0.29) is 28.8 Å². The van der Waals surface area contributed by atoms with Crippen LogP contribution in [0.3, 0.4) is 0 Å². The van der Waals surface area contributed by atoms with Gasteiger partial charge in [0.2, 0.25) is 12.7 Å². The van der Waals surface area contributed by atoms with Crippen LogP contribution in [0.5, 0.6) is 17.2 Å². The number of primary amides is 1. The minimum atomic E-state index is -1.20. The molecule has 4 rings (SSSR count). The third kappa shape index (κ3) is 5.14. The zero-order valence-electron chi connectivity index (χ0n) is 20.5. The number of nitrogens with zero attached hydrogens (tertiary/aromatic N) is 2. The molecule has 0 spiro atoms. The lowest BCUT2D eigenvalue weighted by atomic mass is 9.98. The summed E-state index contributed by atoms with van der Waals surface area (Å²) in [6.45, 7) is 5.68. The van der Waals surface area contributed by atoms with Gasteiger partial charge in [0.1, 0.15) is 16.7 Å². The normalized spacial score (nSPS) is 13.2. The van der Waals surface area contributed by atoms with Gasteiger partial charge in [-0.2, -0.15) is 4.37 Å². The van der Waals surface area contributed by atoms with Crippen LogP contribution < -0.4 is 31.2 Å². The molecule has 194 valence electrons. The van der Waals surface area contributed by atoms with Crippen molar-refractivity contribution < 1.29 is 29.0 Å². The molecule has 0 saturated heterocycles. The molecule has 0 aliphatic carbocycles. The molecule has 2 aromatic carbocycles. The topological polar surface area (TPSA) is 170 Å². The Bertz CT molecular complexity index is 1350. The van der Waals surface area contributed by atoms with Crippen molar-refractivity contribution in [1.29, 1.82) is 0 Å². The lowest BCUT2D eigenvalue weighted by Crippen LogP contribution is -2.50. The summed E-state index contributed by atoms with van der Waals surface area (Å²) in [6.07, 6.45) is 0.628. The van der Waals surface area contributed by atoms with Crippen molar-refractivity contribution in [3.05, 3.63) is 58.6 Å². The van der Waals surface area contributed by atoms with Gasteiger partial charge in [0.15, 0.2) is 17.2 Å². The van der Waals surface area contributed by atoms with Crippen LogP contribution >= 0.6 is 11.5 Å². The predicted molar refractivity (Wildman–Crippen MR) is 138 cm³/mol. The molecule has 2 heterocycles. The van der Waals surface area contributed by atoms with Gasteiger partial charge in [0.05, 0.1) is 5.69 Å². The van der Waals surface area contributed by atoms with Crippen molar-refractivity contribution in [2.75, 3.05) is 17.4 Å². The highest BCUT2D eigenvalue weighted by Crippen LogP contribution is 2.40. The van der Waals surface area contributed by atoms with E-state index >= 15 is 0 Å². The first-order valence-corrected chi connectivity index (χ1v) is 12.2. The standard InChI is InChI=1S/C25H27N5O6S/c1-4-25(2,3)28-23(33)20(13-5-8-15(31)9-6-13)30(14-7-10-16-17(11-14)36-12-35-16)24(34)21-18(26)19(22(27)32)29-37-21/h5-11,20,31H,4,12,26H2,1-3H3,(H2,27,32)(H,28,33). The molecule has 11 nitrogen and oxygen atoms in total. The zero-order valence-corrected chi connectivity index (χ0v) is 21.3. The van der Waals surface area contributed by atoms with Crippen molar-refractivity contribution in [3.8, 4) is 17.2 Å². The fourth-order valence-corrected chi connectivity index (χ4v) is 4.46. The molecule has 1 atom stereocenters. The molecule has 3 aromatic rings. The number of carbonyl (C=O) groups is 3. The summed E-state index contributed by atoms with van der Waals surface area (Å²) in [4.78, 5) is 40.9. The van der Waals surface area contributed by atoms with Crippen LogP contribution in [0.25, 0.3) is 0 Å². The van der Waals surface area contributed by atoms with Gasteiger partial charge in [-0.1, -0.05) is 19.1 Å². The Morgan fingerprint density at radius 2 is 1.84 bits per heavy atom. The van der Waals surface area contributed by atoms with Crippen LogP contribution in [-0.2, 0) is 4.79 Å². The molecule has 1 aliphatic heterocycles. The molecule has 0 bridgehead atoms. The number of phenolic OH excluding ortho intramolecular Hbond substituents is 1. The molecule has 37 heavy (non-hydrogen) atoms. The molecule has 6 N–H and O–H groups in total. The van der Waals surface area contributed by atoms with Gasteiger partial charge in [-0.15, -0.1) is 0 Å².